The lowest BCUT2D eigenvalue weighted by molar-refractivity contribution is -0.129. The van der Waals surface area contributed by atoms with Gasteiger partial charge in [0.15, 0.2) is 0 Å². The van der Waals surface area contributed by atoms with Crippen molar-refractivity contribution in [2.24, 2.45) is 11.3 Å². The first-order valence-corrected chi connectivity index (χ1v) is 5.55. The Balaban J connectivity index is 2.26. The van der Waals surface area contributed by atoms with Gasteiger partial charge in [0, 0.05) is 12.0 Å². The van der Waals surface area contributed by atoms with Crippen LogP contribution in [0.25, 0.3) is 0 Å². The molecule has 1 atom stereocenters. The van der Waals surface area contributed by atoms with Crippen LogP contribution in [0.1, 0.15) is 33.6 Å². The topological polar surface area (TPSA) is 41.1 Å². The molecule has 1 heterocycles. The van der Waals surface area contributed by atoms with E-state index in [4.69, 9.17) is 0 Å². The minimum atomic E-state index is -0.216. The Kier molecular flexibility index (Phi) is 3.93. The minimum Gasteiger partial charge on any atom is -0.355 e. The molecule has 1 aliphatic rings. The molecule has 1 aliphatic heterocycles. The van der Waals surface area contributed by atoms with Crippen LogP contribution in [0.4, 0.5) is 0 Å². The van der Waals surface area contributed by atoms with Gasteiger partial charge in [-0.15, -0.1) is 0 Å². The van der Waals surface area contributed by atoms with Crippen molar-refractivity contribution in [1.82, 2.24) is 10.6 Å². The summed E-state index contributed by atoms with van der Waals surface area (Å²) in [6.45, 7) is 9.01. The van der Waals surface area contributed by atoms with Gasteiger partial charge < -0.3 is 10.6 Å². The second kappa shape index (κ2) is 4.78. The average molecular weight is 198 g/mol. The van der Waals surface area contributed by atoms with Crippen molar-refractivity contribution in [3.05, 3.63) is 0 Å². The van der Waals surface area contributed by atoms with E-state index in [9.17, 15) is 4.79 Å². The monoisotopic (exact) mass is 198 g/mol. The maximum Gasteiger partial charge on any atom is 0.225 e. The summed E-state index contributed by atoms with van der Waals surface area (Å²) in [5.74, 6) is 0.818. The smallest absolute Gasteiger partial charge is 0.225 e. The van der Waals surface area contributed by atoms with Gasteiger partial charge in [0.25, 0.3) is 0 Å². The summed E-state index contributed by atoms with van der Waals surface area (Å²) in [6.07, 6.45) is 2.08. The molecule has 3 nitrogen and oxygen atoms in total. The first kappa shape index (κ1) is 11.5. The number of hydrogen-bond donors (Lipinski definition) is 2. The van der Waals surface area contributed by atoms with Gasteiger partial charge in [-0.25, -0.2) is 0 Å². The molecule has 3 heteroatoms. The zero-order valence-corrected chi connectivity index (χ0v) is 9.52. The Morgan fingerprint density at radius 2 is 2.29 bits per heavy atom. The van der Waals surface area contributed by atoms with E-state index in [2.05, 4.69) is 17.6 Å². The molecule has 0 aromatic rings. The molecule has 0 bridgehead atoms. The number of carbonyl (C=O) groups is 1. The molecule has 0 spiro atoms. The van der Waals surface area contributed by atoms with Crippen LogP contribution in [-0.2, 0) is 4.79 Å². The van der Waals surface area contributed by atoms with Crippen LogP contribution in [0.2, 0.25) is 0 Å². The van der Waals surface area contributed by atoms with Crippen LogP contribution in [-0.4, -0.2) is 25.5 Å². The second-order valence-corrected chi connectivity index (χ2v) is 4.81. The summed E-state index contributed by atoms with van der Waals surface area (Å²) in [5, 5.41) is 6.33. The van der Waals surface area contributed by atoms with Gasteiger partial charge in [-0.1, -0.05) is 20.8 Å². The minimum absolute atomic E-state index is 0.187. The Hall–Kier alpha value is -0.570. The highest BCUT2D eigenvalue weighted by Crippen LogP contribution is 2.19. The van der Waals surface area contributed by atoms with Crippen LogP contribution < -0.4 is 10.6 Å². The third-order valence-corrected chi connectivity index (χ3v) is 3.21. The Morgan fingerprint density at radius 1 is 1.57 bits per heavy atom. The van der Waals surface area contributed by atoms with Crippen LogP contribution in [0.15, 0.2) is 0 Å². The third kappa shape index (κ3) is 2.98. The van der Waals surface area contributed by atoms with Crippen molar-refractivity contribution < 1.29 is 4.79 Å². The third-order valence-electron chi connectivity index (χ3n) is 3.21. The molecule has 0 radical (unpaired) electrons. The average Bonchev–Trinajstić information content (AvgIpc) is 2.66. The molecule has 1 rings (SSSR count). The fourth-order valence-electron chi connectivity index (χ4n) is 1.53. The SMILES string of the molecule is CCC(C)(C)C(=O)NCC1CCNC1. The van der Waals surface area contributed by atoms with E-state index in [1.807, 2.05) is 13.8 Å². The Morgan fingerprint density at radius 3 is 2.79 bits per heavy atom. The van der Waals surface area contributed by atoms with Gasteiger partial charge in [0.05, 0.1) is 0 Å². The summed E-state index contributed by atoms with van der Waals surface area (Å²) in [6, 6.07) is 0. The van der Waals surface area contributed by atoms with Crippen LogP contribution >= 0.6 is 0 Å². The molecule has 2 N–H and O–H groups in total. The standard InChI is InChI=1S/C11H22N2O/c1-4-11(2,3)10(14)13-8-9-5-6-12-7-9/h9,12H,4-8H2,1-3H3,(H,13,14). The molecule has 0 saturated carbocycles. The van der Waals surface area contributed by atoms with E-state index in [0.717, 1.165) is 26.1 Å². The number of hydrogen-bond acceptors (Lipinski definition) is 2. The molecule has 0 aliphatic carbocycles. The van der Waals surface area contributed by atoms with Gasteiger partial charge in [0.1, 0.15) is 0 Å². The molecule has 1 fully saturated rings. The van der Waals surface area contributed by atoms with E-state index in [1.54, 1.807) is 0 Å². The Labute approximate surface area is 86.6 Å². The van der Waals surface area contributed by atoms with Gasteiger partial charge in [0.2, 0.25) is 5.91 Å². The summed E-state index contributed by atoms with van der Waals surface area (Å²) >= 11 is 0. The van der Waals surface area contributed by atoms with E-state index < -0.39 is 0 Å². The first-order valence-electron chi connectivity index (χ1n) is 5.55. The summed E-state index contributed by atoms with van der Waals surface area (Å²) in [5.41, 5.74) is -0.216. The maximum absolute atomic E-state index is 11.7. The number of amides is 1. The highest BCUT2D eigenvalue weighted by Gasteiger charge is 2.25. The summed E-state index contributed by atoms with van der Waals surface area (Å²) in [4.78, 5) is 11.7. The molecule has 14 heavy (non-hydrogen) atoms. The molecule has 1 saturated heterocycles. The lowest BCUT2D eigenvalue weighted by atomic mass is 9.89. The van der Waals surface area contributed by atoms with E-state index in [0.29, 0.717) is 5.92 Å². The predicted octanol–water partition coefficient (Wildman–Crippen LogP) is 1.15. The summed E-state index contributed by atoms with van der Waals surface area (Å²) < 4.78 is 0. The molecule has 82 valence electrons. The van der Waals surface area contributed by atoms with Crippen LogP contribution in [0, 0.1) is 11.3 Å². The molecule has 1 amide bonds. The number of rotatable bonds is 4. The molecular weight excluding hydrogens is 176 g/mol. The molecule has 0 aromatic carbocycles. The molecule has 1 unspecified atom stereocenters. The zero-order valence-electron chi connectivity index (χ0n) is 9.52. The van der Waals surface area contributed by atoms with Gasteiger partial charge >= 0.3 is 0 Å². The fraction of sp³-hybridized carbons (Fsp3) is 0.909. The number of carbonyl (C=O) groups excluding carboxylic acids is 1. The highest BCUT2D eigenvalue weighted by molar-refractivity contribution is 5.81. The molecule has 0 aromatic heterocycles. The van der Waals surface area contributed by atoms with Gasteiger partial charge in [-0.2, -0.15) is 0 Å². The van der Waals surface area contributed by atoms with Crippen LogP contribution in [0.3, 0.4) is 0 Å². The second-order valence-electron chi connectivity index (χ2n) is 4.81. The quantitative estimate of drug-likeness (QED) is 0.711. The predicted molar refractivity (Wildman–Crippen MR) is 58.1 cm³/mol. The normalized spacial score (nSPS) is 22.4. The van der Waals surface area contributed by atoms with Gasteiger partial charge in [-0.05, 0) is 31.8 Å². The van der Waals surface area contributed by atoms with E-state index in [-0.39, 0.29) is 11.3 Å². The highest BCUT2D eigenvalue weighted by atomic mass is 16.2. The zero-order chi connectivity index (χ0) is 10.6. The molecular formula is C11H22N2O. The van der Waals surface area contributed by atoms with Crippen molar-refractivity contribution in [2.75, 3.05) is 19.6 Å². The van der Waals surface area contributed by atoms with Crippen molar-refractivity contribution in [3.63, 3.8) is 0 Å². The number of nitrogens with one attached hydrogen (secondary N) is 2. The largest absolute Gasteiger partial charge is 0.355 e. The fourth-order valence-corrected chi connectivity index (χ4v) is 1.53. The lowest BCUT2D eigenvalue weighted by Crippen LogP contribution is -2.39. The van der Waals surface area contributed by atoms with E-state index >= 15 is 0 Å². The van der Waals surface area contributed by atoms with Crippen molar-refractivity contribution in [3.8, 4) is 0 Å². The summed E-state index contributed by atoms with van der Waals surface area (Å²) in [7, 11) is 0. The van der Waals surface area contributed by atoms with Crippen molar-refractivity contribution in [1.29, 1.82) is 0 Å². The van der Waals surface area contributed by atoms with Crippen molar-refractivity contribution >= 4 is 5.91 Å². The Bertz CT molecular complexity index is 195. The van der Waals surface area contributed by atoms with Crippen LogP contribution in [0.5, 0.6) is 0 Å². The first-order chi connectivity index (χ1) is 6.56. The lowest BCUT2D eigenvalue weighted by Gasteiger charge is -2.22. The maximum atomic E-state index is 11.7. The van der Waals surface area contributed by atoms with Gasteiger partial charge in [-0.3, -0.25) is 4.79 Å². The van der Waals surface area contributed by atoms with E-state index in [1.165, 1.54) is 6.42 Å². The van der Waals surface area contributed by atoms with Crippen molar-refractivity contribution in [2.45, 2.75) is 33.6 Å².